The molecule has 0 aliphatic rings. The smallest absolute Gasteiger partial charge is 0.790 e. The van der Waals surface area contributed by atoms with Crippen LogP contribution < -0.4 is 19.6 Å². The van der Waals surface area contributed by atoms with E-state index in [0.29, 0.717) is 0 Å². The minimum atomic E-state index is -5.47. The van der Waals surface area contributed by atoms with Crippen LogP contribution in [0.2, 0.25) is 0 Å². The maximum absolute atomic E-state index is 11.1. The molecule has 0 heterocycles. The molecule has 0 bridgehead atoms. The summed E-state index contributed by atoms with van der Waals surface area (Å²) in [5, 5.41) is 27.5. The van der Waals surface area contributed by atoms with E-state index in [1.165, 1.54) is 0 Å². The van der Waals surface area contributed by atoms with Crippen LogP contribution in [0.5, 0.6) is 0 Å². The Morgan fingerprint density at radius 2 is 1.36 bits per heavy atom. The van der Waals surface area contributed by atoms with E-state index in [0.717, 1.165) is 0 Å². The fourth-order valence-corrected chi connectivity index (χ4v) is 1.52. The summed E-state index contributed by atoms with van der Waals surface area (Å²) < 4.78 is 27.3. The predicted octanol–water partition coefficient (Wildman–Crippen LogP) is -6.43. The molecule has 0 rings (SSSR count). The van der Waals surface area contributed by atoms with E-state index >= 15 is 0 Å². The first-order chi connectivity index (χ1) is 8.83. The normalized spacial score (nSPS) is 16.0. The predicted molar refractivity (Wildman–Crippen MR) is 61.7 cm³/mol. The van der Waals surface area contributed by atoms with Crippen LogP contribution in [0.4, 0.5) is 0 Å². The van der Waals surface area contributed by atoms with E-state index in [-0.39, 0.29) is 75.5 Å². The molecule has 3 atom stereocenters. The Balaban J connectivity index is -0.00000180. The molecule has 120 valence electrons. The first kappa shape index (κ1) is 29.1. The number of aliphatic hydroxyl groups excluding tert-OH is 3. The first-order valence-electron chi connectivity index (χ1n) is 4.73. The van der Waals surface area contributed by atoms with Crippen LogP contribution in [0.1, 0.15) is 0 Å². The van der Waals surface area contributed by atoms with Gasteiger partial charge in [-0.2, -0.15) is 0 Å². The molecule has 0 saturated carbocycles. The van der Waals surface area contributed by atoms with Crippen molar-refractivity contribution in [2.45, 2.75) is 18.3 Å². The van der Waals surface area contributed by atoms with Gasteiger partial charge in [-0.05, 0) is 0 Å². The molecule has 0 amide bonds. The second-order valence-corrected chi connectivity index (χ2v) is 5.74. The number of aliphatic hydroxyl groups is 3. The molecule has 0 radical (unpaired) electrons. The Morgan fingerprint density at radius 3 is 1.73 bits per heavy atom. The standard InChI is InChI=1S/C6H14O12P2.2Ca/c7-3(1-17-19(11,12)13)5(9)6(10)4(8)2-18-20(14,15)16;;/h3,5-7,9-10H,1-2H2,(H2,11,12,13)(H2,14,15,16);;/q;2*+2/p-4/t3-,5-,6-;;/m0../s1. The van der Waals surface area contributed by atoms with Gasteiger partial charge in [-0.3, -0.25) is 4.79 Å². The summed E-state index contributed by atoms with van der Waals surface area (Å²) in [6.45, 7) is -2.63. The zero-order valence-corrected chi connectivity index (χ0v) is 17.2. The van der Waals surface area contributed by atoms with E-state index in [2.05, 4.69) is 9.05 Å². The Morgan fingerprint density at radius 1 is 0.955 bits per heavy atom. The molecule has 0 aromatic heterocycles. The fourth-order valence-electron chi connectivity index (χ4n) is 0.895. The van der Waals surface area contributed by atoms with Crippen molar-refractivity contribution in [3.63, 3.8) is 0 Å². The zero-order chi connectivity index (χ0) is 16.1. The van der Waals surface area contributed by atoms with Crippen molar-refractivity contribution >= 4 is 96.9 Å². The van der Waals surface area contributed by atoms with Gasteiger partial charge >= 0.3 is 75.5 Å². The van der Waals surface area contributed by atoms with Gasteiger partial charge in [-0.15, -0.1) is 0 Å². The van der Waals surface area contributed by atoms with Gasteiger partial charge in [0.05, 0.1) is 22.3 Å². The molecule has 0 aliphatic carbocycles. The van der Waals surface area contributed by atoms with Crippen molar-refractivity contribution in [3.05, 3.63) is 0 Å². The van der Waals surface area contributed by atoms with E-state index in [1.54, 1.807) is 0 Å². The molecule has 0 spiro atoms. The third-order valence-corrected chi connectivity index (χ3v) is 2.73. The number of ketones is 1. The van der Waals surface area contributed by atoms with Gasteiger partial charge in [0.1, 0.15) is 24.9 Å². The number of rotatable bonds is 9. The van der Waals surface area contributed by atoms with Gasteiger partial charge in [0.2, 0.25) is 0 Å². The molecule has 3 N–H and O–H groups in total. The molecular weight excluding hydrogens is 406 g/mol. The average Bonchev–Trinajstić information content (AvgIpc) is 2.29. The van der Waals surface area contributed by atoms with Crippen LogP contribution >= 0.6 is 15.6 Å². The van der Waals surface area contributed by atoms with Gasteiger partial charge in [-0.1, -0.05) is 0 Å². The summed E-state index contributed by atoms with van der Waals surface area (Å²) in [4.78, 5) is 51.4. The Kier molecular flexibility index (Phi) is 16.7. The summed E-state index contributed by atoms with van der Waals surface area (Å²) in [6, 6.07) is 0. The molecule has 12 nitrogen and oxygen atoms in total. The third kappa shape index (κ3) is 14.6. The maximum Gasteiger partial charge on any atom is 2.00 e. The Bertz CT molecular complexity index is 420. The largest absolute Gasteiger partial charge is 2.00 e. The van der Waals surface area contributed by atoms with Crippen LogP contribution in [-0.2, 0) is 23.0 Å². The minimum Gasteiger partial charge on any atom is -0.790 e. The van der Waals surface area contributed by atoms with Crippen molar-refractivity contribution in [2.75, 3.05) is 13.2 Å². The Labute approximate surface area is 184 Å². The molecule has 0 fully saturated rings. The second-order valence-electron chi connectivity index (χ2n) is 3.43. The molecular formula is C6H10Ca2O12P2. The van der Waals surface area contributed by atoms with E-state index in [1.807, 2.05) is 0 Å². The molecule has 0 saturated heterocycles. The number of Topliss-reactive ketones (excluding diaryl/α,β-unsaturated/α-hetero) is 1. The quantitative estimate of drug-likeness (QED) is 0.236. The Hall–Kier alpha value is 2.29. The third-order valence-electron chi connectivity index (χ3n) is 1.82. The molecule has 0 unspecified atom stereocenters. The van der Waals surface area contributed by atoms with Crippen LogP contribution in [0.25, 0.3) is 0 Å². The summed E-state index contributed by atoms with van der Waals surface area (Å²) in [5.74, 6) is -1.48. The van der Waals surface area contributed by atoms with Crippen LogP contribution in [0.3, 0.4) is 0 Å². The van der Waals surface area contributed by atoms with Gasteiger partial charge in [0, 0.05) is 0 Å². The summed E-state index contributed by atoms with van der Waals surface area (Å²) >= 11 is 0. The monoisotopic (exact) mass is 416 g/mol. The van der Waals surface area contributed by atoms with Gasteiger partial charge < -0.3 is 53.1 Å². The number of carbonyl (C=O) groups is 1. The minimum absolute atomic E-state index is 0. The van der Waals surface area contributed by atoms with E-state index in [9.17, 15) is 38.6 Å². The van der Waals surface area contributed by atoms with Crippen LogP contribution in [0.15, 0.2) is 0 Å². The van der Waals surface area contributed by atoms with Crippen molar-refractivity contribution < 1.29 is 57.9 Å². The number of carbonyl (C=O) groups excluding carboxylic acids is 1. The fraction of sp³-hybridized carbons (Fsp3) is 0.833. The second kappa shape index (κ2) is 12.6. The summed E-state index contributed by atoms with van der Waals surface area (Å²) in [5.41, 5.74) is 0. The van der Waals surface area contributed by atoms with Crippen LogP contribution in [-0.4, -0.2) is 128 Å². The van der Waals surface area contributed by atoms with E-state index in [4.69, 9.17) is 10.2 Å². The van der Waals surface area contributed by atoms with Crippen molar-refractivity contribution in [1.82, 2.24) is 0 Å². The topological polar surface area (TPSA) is 223 Å². The van der Waals surface area contributed by atoms with Gasteiger partial charge in [0.25, 0.3) is 0 Å². The van der Waals surface area contributed by atoms with Crippen LogP contribution in [0, 0.1) is 0 Å². The zero-order valence-electron chi connectivity index (χ0n) is 11.0. The van der Waals surface area contributed by atoms with Gasteiger partial charge in [0.15, 0.2) is 5.78 Å². The summed E-state index contributed by atoms with van der Waals surface area (Å²) in [7, 11) is -10.9. The van der Waals surface area contributed by atoms with E-state index < -0.39 is 53.0 Å². The molecule has 16 heteroatoms. The SMILES string of the molecule is O=C(COP(=O)([O-])[O-])[C@H](O)[C@@H](O)[C@@H](O)COP(=O)([O-])[O-].[Ca+2].[Ca+2]. The number of hydrogen-bond donors (Lipinski definition) is 3. The first-order valence-corrected chi connectivity index (χ1v) is 7.65. The van der Waals surface area contributed by atoms with Crippen molar-refractivity contribution in [1.29, 1.82) is 0 Å². The summed E-state index contributed by atoms with van der Waals surface area (Å²) in [6.07, 6.45) is -6.83. The molecule has 22 heavy (non-hydrogen) atoms. The van der Waals surface area contributed by atoms with Gasteiger partial charge in [-0.25, -0.2) is 0 Å². The average molecular weight is 416 g/mol. The molecule has 0 aromatic carbocycles. The molecule has 0 aliphatic heterocycles. The number of hydrogen-bond acceptors (Lipinski definition) is 12. The molecule has 0 aromatic rings. The maximum atomic E-state index is 11.1. The number of phosphoric acid groups is 2. The van der Waals surface area contributed by atoms with Crippen molar-refractivity contribution in [3.8, 4) is 0 Å². The van der Waals surface area contributed by atoms with Crippen molar-refractivity contribution in [2.24, 2.45) is 0 Å². The number of phosphoric ester groups is 2.